The monoisotopic (exact) mass is 259 g/mol. The number of nitrogens with zero attached hydrogens (tertiary/aromatic N) is 1. The number of rotatable bonds is 6. The molecule has 0 aromatic heterocycles. The summed E-state index contributed by atoms with van der Waals surface area (Å²) >= 11 is 0. The van der Waals surface area contributed by atoms with Crippen LogP contribution in [0.5, 0.6) is 0 Å². The lowest BCUT2D eigenvalue weighted by molar-refractivity contribution is -0.551. The Morgan fingerprint density at radius 1 is 1.32 bits per heavy atom. The summed E-state index contributed by atoms with van der Waals surface area (Å²) in [6.07, 6.45) is 12.6. The SMILES string of the molecule is C=C(N)/C=C(\C)C1(CC)C=CC1(CC)[N+](=C)C=CC. The lowest BCUT2D eigenvalue weighted by Gasteiger charge is -2.49. The molecule has 0 spiro atoms. The van der Waals surface area contributed by atoms with E-state index in [1.165, 1.54) is 5.57 Å². The normalized spacial score (nSPS) is 30.4. The minimum atomic E-state index is -0.0652. The summed E-state index contributed by atoms with van der Waals surface area (Å²) in [7, 11) is 0. The molecule has 104 valence electrons. The summed E-state index contributed by atoms with van der Waals surface area (Å²) in [6.45, 7) is 16.6. The molecule has 0 amide bonds. The van der Waals surface area contributed by atoms with E-state index in [0.717, 1.165) is 12.8 Å². The molecule has 1 aliphatic carbocycles. The Balaban J connectivity index is 3.33. The van der Waals surface area contributed by atoms with Crippen LogP contribution >= 0.6 is 0 Å². The van der Waals surface area contributed by atoms with Gasteiger partial charge in [0.05, 0.1) is 5.41 Å². The van der Waals surface area contributed by atoms with E-state index in [2.05, 4.69) is 50.8 Å². The molecular formula is C17H27N2+. The van der Waals surface area contributed by atoms with Crippen LogP contribution in [-0.2, 0) is 0 Å². The average molecular weight is 259 g/mol. The second-order valence-corrected chi connectivity index (χ2v) is 5.29. The summed E-state index contributed by atoms with van der Waals surface area (Å²) in [5, 5.41) is 0. The van der Waals surface area contributed by atoms with Crippen LogP contribution in [-0.4, -0.2) is 16.8 Å². The highest BCUT2D eigenvalue weighted by Gasteiger charge is 2.60. The minimum Gasteiger partial charge on any atom is -0.399 e. The maximum absolute atomic E-state index is 5.75. The number of hydrogen-bond acceptors (Lipinski definition) is 1. The molecule has 2 atom stereocenters. The highest BCUT2D eigenvalue weighted by Crippen LogP contribution is 2.54. The fraction of sp³-hybridized carbons (Fsp3) is 0.471. The summed E-state index contributed by atoms with van der Waals surface area (Å²) in [5.41, 5.74) is 7.54. The van der Waals surface area contributed by atoms with Crippen molar-refractivity contribution in [2.24, 2.45) is 11.1 Å². The van der Waals surface area contributed by atoms with Crippen LogP contribution in [0.15, 0.2) is 48.4 Å². The van der Waals surface area contributed by atoms with Gasteiger partial charge >= 0.3 is 0 Å². The molecule has 0 fully saturated rings. The third kappa shape index (κ3) is 2.20. The predicted molar refractivity (Wildman–Crippen MR) is 84.2 cm³/mol. The van der Waals surface area contributed by atoms with E-state index in [1.54, 1.807) is 0 Å². The Bertz CT molecular complexity index is 468. The van der Waals surface area contributed by atoms with E-state index < -0.39 is 0 Å². The lowest BCUT2D eigenvalue weighted by Crippen LogP contribution is -2.58. The molecule has 1 rings (SSSR count). The maximum Gasteiger partial charge on any atom is 0.198 e. The Kier molecular flexibility index (Phi) is 4.56. The van der Waals surface area contributed by atoms with Gasteiger partial charge in [0.25, 0.3) is 0 Å². The van der Waals surface area contributed by atoms with E-state index in [1.807, 2.05) is 25.3 Å². The summed E-state index contributed by atoms with van der Waals surface area (Å²) in [6, 6.07) is 0. The van der Waals surface area contributed by atoms with E-state index in [-0.39, 0.29) is 11.0 Å². The first-order chi connectivity index (χ1) is 8.90. The highest BCUT2D eigenvalue weighted by atomic mass is 15.1. The van der Waals surface area contributed by atoms with Crippen molar-refractivity contribution in [1.29, 1.82) is 0 Å². The third-order valence-corrected chi connectivity index (χ3v) is 4.46. The van der Waals surface area contributed by atoms with Crippen molar-refractivity contribution in [3.63, 3.8) is 0 Å². The average Bonchev–Trinajstić information content (AvgIpc) is 2.29. The predicted octanol–water partition coefficient (Wildman–Crippen LogP) is 3.77. The Labute approximate surface area is 117 Å². The maximum atomic E-state index is 5.75. The topological polar surface area (TPSA) is 29.0 Å². The molecule has 0 heterocycles. The molecule has 2 heteroatoms. The van der Waals surface area contributed by atoms with Gasteiger partial charge in [0.1, 0.15) is 6.72 Å². The van der Waals surface area contributed by atoms with Gasteiger partial charge in [-0.25, -0.2) is 4.58 Å². The molecule has 0 saturated heterocycles. The molecule has 1 aliphatic rings. The summed E-state index contributed by atoms with van der Waals surface area (Å²) in [5.74, 6) is 0. The van der Waals surface area contributed by atoms with Crippen LogP contribution in [0.2, 0.25) is 0 Å². The van der Waals surface area contributed by atoms with Crippen LogP contribution in [0.3, 0.4) is 0 Å². The van der Waals surface area contributed by atoms with Gasteiger partial charge in [-0.1, -0.05) is 32.1 Å². The van der Waals surface area contributed by atoms with Gasteiger partial charge in [-0.3, -0.25) is 0 Å². The molecular weight excluding hydrogens is 232 g/mol. The zero-order chi connectivity index (χ0) is 14.7. The van der Waals surface area contributed by atoms with Gasteiger partial charge in [-0.2, -0.15) is 0 Å². The molecule has 0 aromatic rings. The van der Waals surface area contributed by atoms with Crippen LogP contribution in [0.25, 0.3) is 0 Å². The lowest BCUT2D eigenvalue weighted by atomic mass is 9.54. The van der Waals surface area contributed by atoms with Crippen molar-refractivity contribution >= 4 is 6.72 Å². The first kappa shape index (κ1) is 15.5. The van der Waals surface area contributed by atoms with Crippen molar-refractivity contribution in [3.8, 4) is 0 Å². The van der Waals surface area contributed by atoms with Gasteiger partial charge in [0, 0.05) is 12.1 Å². The van der Waals surface area contributed by atoms with Crippen LogP contribution in [0.4, 0.5) is 0 Å². The fourth-order valence-corrected chi connectivity index (χ4v) is 3.36. The van der Waals surface area contributed by atoms with Crippen LogP contribution in [0, 0.1) is 5.41 Å². The molecule has 0 bridgehead atoms. The Hall–Kier alpha value is -1.57. The molecule has 0 radical (unpaired) electrons. The quantitative estimate of drug-likeness (QED) is 0.334. The largest absolute Gasteiger partial charge is 0.399 e. The first-order valence-electron chi connectivity index (χ1n) is 6.96. The molecule has 2 unspecified atom stereocenters. The summed E-state index contributed by atoms with van der Waals surface area (Å²) in [4.78, 5) is 0. The molecule has 2 N–H and O–H groups in total. The molecule has 0 aliphatic heterocycles. The number of allylic oxidation sites excluding steroid dienone is 2. The fourth-order valence-electron chi connectivity index (χ4n) is 3.36. The van der Waals surface area contributed by atoms with Crippen LogP contribution < -0.4 is 5.73 Å². The molecule has 0 aromatic carbocycles. The third-order valence-electron chi connectivity index (χ3n) is 4.46. The highest BCUT2D eigenvalue weighted by molar-refractivity contribution is 5.42. The van der Waals surface area contributed by atoms with Crippen molar-refractivity contribution in [3.05, 3.63) is 48.4 Å². The van der Waals surface area contributed by atoms with Gasteiger partial charge in [0.15, 0.2) is 11.7 Å². The van der Waals surface area contributed by atoms with Crippen molar-refractivity contribution in [1.82, 2.24) is 0 Å². The first-order valence-corrected chi connectivity index (χ1v) is 6.96. The second kappa shape index (κ2) is 5.60. The molecule has 2 nitrogen and oxygen atoms in total. The van der Waals surface area contributed by atoms with Gasteiger partial charge in [-0.15, -0.1) is 0 Å². The Morgan fingerprint density at radius 2 is 1.95 bits per heavy atom. The zero-order valence-corrected chi connectivity index (χ0v) is 12.7. The van der Waals surface area contributed by atoms with Gasteiger partial charge in [0.2, 0.25) is 0 Å². The van der Waals surface area contributed by atoms with E-state index in [0.29, 0.717) is 5.70 Å². The van der Waals surface area contributed by atoms with Crippen molar-refractivity contribution in [2.75, 3.05) is 0 Å². The van der Waals surface area contributed by atoms with E-state index >= 15 is 0 Å². The van der Waals surface area contributed by atoms with Gasteiger partial charge < -0.3 is 5.73 Å². The number of hydrogen-bond donors (Lipinski definition) is 1. The van der Waals surface area contributed by atoms with Crippen molar-refractivity contribution < 1.29 is 4.58 Å². The number of nitrogens with two attached hydrogens (primary N) is 1. The Morgan fingerprint density at radius 3 is 2.26 bits per heavy atom. The smallest absolute Gasteiger partial charge is 0.198 e. The van der Waals surface area contributed by atoms with E-state index in [4.69, 9.17) is 5.73 Å². The van der Waals surface area contributed by atoms with Crippen LogP contribution in [0.1, 0.15) is 40.5 Å². The molecule has 19 heavy (non-hydrogen) atoms. The summed E-state index contributed by atoms with van der Waals surface area (Å²) < 4.78 is 2.08. The van der Waals surface area contributed by atoms with Crippen molar-refractivity contribution in [2.45, 2.75) is 46.1 Å². The standard InChI is InChI=1S/C17H27N2/c1-7-12-19(6)17(9-3)11-10-16(17,8-2)14(4)13-15(5)18/h7,10-13H,5-6,8-9,18H2,1-4H3/q+1/b12-7?,14-13+. The van der Waals surface area contributed by atoms with Gasteiger partial charge in [-0.05, 0) is 38.5 Å². The zero-order valence-electron chi connectivity index (χ0n) is 12.7. The van der Waals surface area contributed by atoms with E-state index in [9.17, 15) is 0 Å². The molecule has 0 saturated carbocycles. The minimum absolute atomic E-state index is 0.00861. The second-order valence-electron chi connectivity index (χ2n) is 5.29.